The van der Waals surface area contributed by atoms with E-state index in [-0.39, 0.29) is 11.6 Å². The lowest BCUT2D eigenvalue weighted by atomic mass is 10.2. The van der Waals surface area contributed by atoms with E-state index >= 15 is 0 Å². The molecular formula is C19H19N3O3. The highest BCUT2D eigenvalue weighted by Crippen LogP contribution is 2.38. The molecule has 1 aromatic heterocycles. The van der Waals surface area contributed by atoms with E-state index in [2.05, 4.69) is 10.2 Å². The van der Waals surface area contributed by atoms with Crippen molar-refractivity contribution in [3.8, 4) is 5.88 Å². The van der Waals surface area contributed by atoms with Gasteiger partial charge in [-0.3, -0.25) is 4.79 Å². The summed E-state index contributed by atoms with van der Waals surface area (Å²) in [5.41, 5.74) is 1.56. The maximum atomic E-state index is 12.1. The Balaban J connectivity index is 1.94. The molecule has 0 atom stereocenters. The molecule has 0 saturated carbocycles. The van der Waals surface area contributed by atoms with Crippen LogP contribution in [-0.4, -0.2) is 28.8 Å². The third-order valence-corrected chi connectivity index (χ3v) is 3.84. The molecule has 0 aliphatic carbocycles. The normalized spacial score (nSPS) is 11.4. The molecule has 0 saturated heterocycles. The summed E-state index contributed by atoms with van der Waals surface area (Å²) in [5, 5.41) is 19.1. The van der Waals surface area contributed by atoms with E-state index < -0.39 is 5.91 Å². The second-order valence-corrected chi connectivity index (χ2v) is 5.41. The second-order valence-electron chi connectivity index (χ2n) is 5.41. The number of carbonyl (C=O) groups excluding carboxylic acids is 1. The number of aromatic nitrogens is 1. The van der Waals surface area contributed by atoms with Gasteiger partial charge in [0, 0.05) is 24.1 Å². The molecule has 3 aromatic rings. The number of azo groups is 1. The number of aromatic hydroxyl groups is 1. The van der Waals surface area contributed by atoms with Crippen LogP contribution in [0, 0.1) is 0 Å². The molecule has 3 rings (SSSR count). The highest BCUT2D eigenvalue weighted by Gasteiger charge is 2.16. The van der Waals surface area contributed by atoms with Crippen LogP contribution in [0.25, 0.3) is 10.9 Å². The van der Waals surface area contributed by atoms with Gasteiger partial charge in [0.2, 0.25) is 5.88 Å². The Morgan fingerprint density at radius 2 is 1.84 bits per heavy atom. The lowest BCUT2D eigenvalue weighted by Gasteiger charge is -2.06. The Bertz CT molecular complexity index is 901. The number of amides is 1. The SMILES string of the molecule is CCOCCn1c(O)c(N=NC(=O)c2ccccc2)c2ccccc21. The van der Waals surface area contributed by atoms with Gasteiger partial charge in [0.25, 0.3) is 5.91 Å². The van der Waals surface area contributed by atoms with Gasteiger partial charge in [0.15, 0.2) is 5.69 Å². The molecule has 128 valence electrons. The first-order chi connectivity index (χ1) is 12.2. The van der Waals surface area contributed by atoms with Gasteiger partial charge < -0.3 is 14.4 Å². The zero-order chi connectivity index (χ0) is 17.6. The fraction of sp³-hybridized carbons (Fsp3) is 0.211. The van der Waals surface area contributed by atoms with E-state index in [1.165, 1.54) is 0 Å². The summed E-state index contributed by atoms with van der Waals surface area (Å²) < 4.78 is 7.08. The van der Waals surface area contributed by atoms with E-state index in [9.17, 15) is 9.90 Å². The van der Waals surface area contributed by atoms with E-state index in [1.807, 2.05) is 37.3 Å². The van der Waals surface area contributed by atoms with Crippen LogP contribution in [0.2, 0.25) is 0 Å². The molecule has 1 amide bonds. The Labute approximate surface area is 145 Å². The Hall–Kier alpha value is -2.99. The first-order valence-corrected chi connectivity index (χ1v) is 8.11. The Morgan fingerprint density at radius 3 is 2.60 bits per heavy atom. The Morgan fingerprint density at radius 1 is 1.12 bits per heavy atom. The molecule has 0 unspecified atom stereocenters. The fourth-order valence-corrected chi connectivity index (χ4v) is 2.63. The molecule has 0 radical (unpaired) electrons. The van der Waals surface area contributed by atoms with Crippen molar-refractivity contribution in [2.45, 2.75) is 13.5 Å². The van der Waals surface area contributed by atoms with Gasteiger partial charge in [-0.2, -0.15) is 0 Å². The predicted octanol–water partition coefficient (Wildman–Crippen LogP) is 4.31. The van der Waals surface area contributed by atoms with E-state index in [0.717, 1.165) is 10.9 Å². The quantitative estimate of drug-likeness (QED) is 0.538. The number of hydrogen-bond donors (Lipinski definition) is 1. The minimum Gasteiger partial charge on any atom is -0.493 e. The smallest absolute Gasteiger partial charge is 0.295 e. The Kier molecular flexibility index (Phi) is 5.20. The minimum atomic E-state index is -0.453. The third-order valence-electron chi connectivity index (χ3n) is 3.84. The standard InChI is InChI=1S/C19H19N3O3/c1-2-25-13-12-22-16-11-7-6-10-15(16)17(19(22)24)20-21-18(23)14-8-4-3-5-9-14/h3-11,24H,2,12-13H2,1H3. The number of ether oxygens (including phenoxy) is 1. The van der Waals surface area contributed by atoms with Crippen LogP contribution >= 0.6 is 0 Å². The summed E-state index contributed by atoms with van der Waals surface area (Å²) in [7, 11) is 0. The first-order valence-electron chi connectivity index (χ1n) is 8.11. The van der Waals surface area contributed by atoms with Crippen LogP contribution in [-0.2, 0) is 11.3 Å². The monoisotopic (exact) mass is 337 g/mol. The molecular weight excluding hydrogens is 318 g/mol. The number of nitrogens with zero attached hydrogens (tertiary/aromatic N) is 3. The fourth-order valence-electron chi connectivity index (χ4n) is 2.63. The summed E-state index contributed by atoms with van der Waals surface area (Å²) in [4.78, 5) is 12.1. The van der Waals surface area contributed by atoms with Crippen molar-refractivity contribution in [3.63, 3.8) is 0 Å². The lowest BCUT2D eigenvalue weighted by Crippen LogP contribution is -2.05. The van der Waals surface area contributed by atoms with Gasteiger partial charge >= 0.3 is 0 Å². The molecule has 6 nitrogen and oxygen atoms in total. The van der Waals surface area contributed by atoms with Crippen molar-refractivity contribution in [2.75, 3.05) is 13.2 Å². The van der Waals surface area contributed by atoms with E-state index in [0.29, 0.717) is 25.3 Å². The molecule has 1 N–H and O–H groups in total. The van der Waals surface area contributed by atoms with Gasteiger partial charge in [-0.05, 0) is 25.1 Å². The molecule has 0 spiro atoms. The summed E-state index contributed by atoms with van der Waals surface area (Å²) in [6.07, 6.45) is 0. The highest BCUT2D eigenvalue weighted by molar-refractivity contribution is 5.97. The zero-order valence-electron chi connectivity index (χ0n) is 13.9. The molecule has 1 heterocycles. The van der Waals surface area contributed by atoms with Crippen LogP contribution in [0.15, 0.2) is 64.8 Å². The van der Waals surface area contributed by atoms with Gasteiger partial charge in [0.1, 0.15) is 0 Å². The number of para-hydroxylation sites is 1. The van der Waals surface area contributed by atoms with Gasteiger partial charge in [-0.15, -0.1) is 10.2 Å². The van der Waals surface area contributed by atoms with Crippen molar-refractivity contribution in [1.82, 2.24) is 4.57 Å². The summed E-state index contributed by atoms with van der Waals surface area (Å²) in [5.74, 6) is -0.475. The van der Waals surface area contributed by atoms with Crippen LogP contribution in [0.5, 0.6) is 5.88 Å². The largest absolute Gasteiger partial charge is 0.493 e. The molecule has 0 bridgehead atoms. The number of fused-ring (bicyclic) bond motifs is 1. The van der Waals surface area contributed by atoms with Crippen LogP contribution in [0.4, 0.5) is 5.69 Å². The zero-order valence-corrected chi connectivity index (χ0v) is 13.9. The average molecular weight is 337 g/mol. The topological polar surface area (TPSA) is 76.2 Å². The molecule has 0 aliphatic rings. The van der Waals surface area contributed by atoms with Crippen molar-refractivity contribution >= 4 is 22.5 Å². The van der Waals surface area contributed by atoms with Gasteiger partial charge in [0.05, 0.1) is 12.1 Å². The molecule has 25 heavy (non-hydrogen) atoms. The number of rotatable bonds is 6. The number of hydrogen-bond acceptors (Lipinski definition) is 4. The number of benzene rings is 2. The summed E-state index contributed by atoms with van der Waals surface area (Å²) in [6.45, 7) is 3.49. The summed E-state index contributed by atoms with van der Waals surface area (Å²) in [6, 6.07) is 16.2. The van der Waals surface area contributed by atoms with Gasteiger partial charge in [-0.1, -0.05) is 36.4 Å². The molecule has 0 fully saturated rings. The number of carbonyl (C=O) groups is 1. The highest BCUT2D eigenvalue weighted by atomic mass is 16.5. The van der Waals surface area contributed by atoms with E-state index in [1.54, 1.807) is 28.8 Å². The summed E-state index contributed by atoms with van der Waals surface area (Å²) >= 11 is 0. The van der Waals surface area contributed by atoms with Crippen molar-refractivity contribution in [2.24, 2.45) is 10.2 Å². The van der Waals surface area contributed by atoms with Crippen LogP contribution < -0.4 is 0 Å². The second kappa shape index (κ2) is 7.72. The molecule has 6 heteroatoms. The maximum absolute atomic E-state index is 12.1. The van der Waals surface area contributed by atoms with Crippen LogP contribution in [0.3, 0.4) is 0 Å². The first kappa shape index (κ1) is 16.9. The van der Waals surface area contributed by atoms with Crippen molar-refractivity contribution in [3.05, 3.63) is 60.2 Å². The van der Waals surface area contributed by atoms with Crippen molar-refractivity contribution < 1.29 is 14.6 Å². The minimum absolute atomic E-state index is 0.0227. The van der Waals surface area contributed by atoms with E-state index in [4.69, 9.17) is 4.74 Å². The molecule has 2 aromatic carbocycles. The van der Waals surface area contributed by atoms with Crippen molar-refractivity contribution in [1.29, 1.82) is 0 Å². The van der Waals surface area contributed by atoms with Gasteiger partial charge in [-0.25, -0.2) is 0 Å². The lowest BCUT2D eigenvalue weighted by molar-refractivity contribution is 0.0995. The third kappa shape index (κ3) is 3.59. The average Bonchev–Trinajstić information content (AvgIpc) is 2.92. The predicted molar refractivity (Wildman–Crippen MR) is 95.4 cm³/mol. The molecule has 0 aliphatic heterocycles. The van der Waals surface area contributed by atoms with Crippen LogP contribution in [0.1, 0.15) is 17.3 Å². The maximum Gasteiger partial charge on any atom is 0.295 e.